The first-order chi connectivity index (χ1) is 8.74. The van der Waals surface area contributed by atoms with Crippen molar-refractivity contribution in [2.45, 2.75) is 19.4 Å². The van der Waals surface area contributed by atoms with Crippen LogP contribution in [0.3, 0.4) is 0 Å². The van der Waals surface area contributed by atoms with Crippen molar-refractivity contribution in [3.63, 3.8) is 0 Å². The molecule has 1 atom stereocenters. The van der Waals surface area contributed by atoms with E-state index in [2.05, 4.69) is 16.0 Å². The fraction of sp³-hybridized carbons (Fsp3) is 0.286. The highest BCUT2D eigenvalue weighted by Gasteiger charge is 2.16. The molecule has 0 spiro atoms. The van der Waals surface area contributed by atoms with Crippen molar-refractivity contribution in [3.05, 3.63) is 53.1 Å². The summed E-state index contributed by atoms with van der Waals surface area (Å²) in [5.41, 5.74) is 9.39. The monoisotopic (exact) mass is 241 g/mol. The molecule has 1 aliphatic heterocycles. The molecule has 2 aromatic rings. The van der Waals surface area contributed by atoms with Crippen LogP contribution in [0, 0.1) is 6.92 Å². The summed E-state index contributed by atoms with van der Waals surface area (Å²) >= 11 is 0. The fourth-order valence-corrected chi connectivity index (χ4v) is 2.22. The SMILES string of the molecule is Cc1nccc(C(N)c2ccc3c(c2)CCO3)n1. The minimum Gasteiger partial charge on any atom is -0.493 e. The molecule has 0 bridgehead atoms. The number of nitrogens with zero attached hydrogens (tertiary/aromatic N) is 2. The van der Waals surface area contributed by atoms with Crippen molar-refractivity contribution in [3.8, 4) is 5.75 Å². The first-order valence-electron chi connectivity index (χ1n) is 6.05. The maximum absolute atomic E-state index is 6.25. The smallest absolute Gasteiger partial charge is 0.125 e. The molecular weight excluding hydrogens is 226 g/mol. The summed E-state index contributed by atoms with van der Waals surface area (Å²) in [6.07, 6.45) is 2.70. The van der Waals surface area contributed by atoms with Crippen LogP contribution in [0.4, 0.5) is 0 Å². The lowest BCUT2D eigenvalue weighted by Gasteiger charge is -2.12. The molecule has 0 saturated heterocycles. The minimum atomic E-state index is -0.211. The van der Waals surface area contributed by atoms with Crippen molar-refractivity contribution < 1.29 is 4.74 Å². The Morgan fingerprint density at radius 3 is 3.06 bits per heavy atom. The van der Waals surface area contributed by atoms with Gasteiger partial charge in [-0.1, -0.05) is 12.1 Å². The standard InChI is InChI=1S/C14H15N3O/c1-9-16-6-4-12(17-9)14(15)11-2-3-13-10(8-11)5-7-18-13/h2-4,6,8,14H,5,7,15H2,1H3. The number of rotatable bonds is 2. The van der Waals surface area contributed by atoms with Crippen LogP contribution in [-0.2, 0) is 6.42 Å². The van der Waals surface area contributed by atoms with Gasteiger partial charge in [-0.2, -0.15) is 0 Å². The van der Waals surface area contributed by atoms with Gasteiger partial charge in [-0.15, -0.1) is 0 Å². The van der Waals surface area contributed by atoms with Gasteiger partial charge in [0, 0.05) is 12.6 Å². The highest BCUT2D eigenvalue weighted by Crippen LogP contribution is 2.29. The number of aryl methyl sites for hydroxylation is 1. The highest BCUT2D eigenvalue weighted by molar-refractivity contribution is 5.42. The molecule has 18 heavy (non-hydrogen) atoms. The molecule has 1 aromatic heterocycles. The maximum atomic E-state index is 6.25. The molecule has 1 aliphatic rings. The predicted molar refractivity (Wildman–Crippen MR) is 68.4 cm³/mol. The quantitative estimate of drug-likeness (QED) is 0.870. The zero-order valence-electron chi connectivity index (χ0n) is 10.3. The second-order valence-electron chi connectivity index (χ2n) is 4.47. The van der Waals surface area contributed by atoms with Crippen LogP contribution < -0.4 is 10.5 Å². The molecule has 1 aromatic carbocycles. The normalized spacial score (nSPS) is 15.0. The maximum Gasteiger partial charge on any atom is 0.125 e. The fourth-order valence-electron chi connectivity index (χ4n) is 2.22. The Morgan fingerprint density at radius 2 is 2.22 bits per heavy atom. The molecule has 92 valence electrons. The van der Waals surface area contributed by atoms with Gasteiger partial charge in [0.05, 0.1) is 18.3 Å². The summed E-state index contributed by atoms with van der Waals surface area (Å²) in [4.78, 5) is 8.46. The van der Waals surface area contributed by atoms with E-state index in [-0.39, 0.29) is 6.04 Å². The summed E-state index contributed by atoms with van der Waals surface area (Å²) in [6, 6.07) is 7.77. The zero-order valence-corrected chi connectivity index (χ0v) is 10.3. The van der Waals surface area contributed by atoms with Gasteiger partial charge < -0.3 is 10.5 Å². The van der Waals surface area contributed by atoms with Crippen LogP contribution in [0.2, 0.25) is 0 Å². The molecule has 2 N–H and O–H groups in total. The third-order valence-corrected chi connectivity index (χ3v) is 3.19. The largest absolute Gasteiger partial charge is 0.493 e. The second-order valence-corrected chi connectivity index (χ2v) is 4.47. The van der Waals surface area contributed by atoms with Gasteiger partial charge in [0.15, 0.2) is 0 Å². The molecule has 0 radical (unpaired) electrons. The summed E-state index contributed by atoms with van der Waals surface area (Å²) in [5.74, 6) is 1.72. The van der Waals surface area contributed by atoms with E-state index in [1.165, 1.54) is 5.56 Å². The number of hydrogen-bond donors (Lipinski definition) is 1. The number of benzene rings is 1. The second kappa shape index (κ2) is 4.38. The Kier molecular flexibility index (Phi) is 2.72. The molecule has 4 nitrogen and oxygen atoms in total. The molecule has 0 aliphatic carbocycles. The van der Waals surface area contributed by atoms with Crippen LogP contribution in [0.5, 0.6) is 5.75 Å². The lowest BCUT2D eigenvalue weighted by molar-refractivity contribution is 0.357. The molecule has 2 heterocycles. The van der Waals surface area contributed by atoms with Crippen LogP contribution >= 0.6 is 0 Å². The van der Waals surface area contributed by atoms with Crippen LogP contribution in [0.1, 0.15) is 28.7 Å². The molecule has 0 fully saturated rings. The number of hydrogen-bond acceptors (Lipinski definition) is 4. The van der Waals surface area contributed by atoms with E-state index >= 15 is 0 Å². The van der Waals surface area contributed by atoms with Crippen LogP contribution in [0.15, 0.2) is 30.5 Å². The van der Waals surface area contributed by atoms with E-state index in [0.29, 0.717) is 0 Å². The van der Waals surface area contributed by atoms with Gasteiger partial charge >= 0.3 is 0 Å². The molecular formula is C14H15N3O. The topological polar surface area (TPSA) is 61.0 Å². The number of ether oxygens (including phenoxy) is 1. The lowest BCUT2D eigenvalue weighted by Crippen LogP contribution is -2.14. The van der Waals surface area contributed by atoms with Gasteiger partial charge in [-0.3, -0.25) is 0 Å². The molecule has 1 unspecified atom stereocenters. The molecule has 0 saturated carbocycles. The molecule has 3 rings (SSSR count). The van der Waals surface area contributed by atoms with Gasteiger partial charge in [0.25, 0.3) is 0 Å². The average molecular weight is 241 g/mol. The molecule has 4 heteroatoms. The number of aromatic nitrogens is 2. The van der Waals surface area contributed by atoms with Crippen LogP contribution in [-0.4, -0.2) is 16.6 Å². The van der Waals surface area contributed by atoms with Crippen molar-refractivity contribution >= 4 is 0 Å². The Labute approximate surface area is 106 Å². The first-order valence-corrected chi connectivity index (χ1v) is 6.05. The highest BCUT2D eigenvalue weighted by atomic mass is 16.5. The zero-order chi connectivity index (χ0) is 12.5. The van der Waals surface area contributed by atoms with Crippen molar-refractivity contribution in [1.82, 2.24) is 9.97 Å². The summed E-state index contributed by atoms with van der Waals surface area (Å²) < 4.78 is 5.49. The number of fused-ring (bicyclic) bond motifs is 1. The lowest BCUT2D eigenvalue weighted by atomic mass is 10.0. The summed E-state index contributed by atoms with van der Waals surface area (Å²) in [6.45, 7) is 2.63. The Bertz CT molecular complexity index is 583. The van der Waals surface area contributed by atoms with E-state index in [1.807, 2.05) is 25.1 Å². The van der Waals surface area contributed by atoms with Gasteiger partial charge in [0.2, 0.25) is 0 Å². The predicted octanol–water partition coefficient (Wildman–Crippen LogP) is 1.77. The first kappa shape index (κ1) is 11.2. The van der Waals surface area contributed by atoms with E-state index in [0.717, 1.165) is 35.9 Å². The molecule has 0 amide bonds. The third-order valence-electron chi connectivity index (χ3n) is 3.19. The van der Waals surface area contributed by atoms with Crippen molar-refractivity contribution in [2.24, 2.45) is 5.73 Å². The van der Waals surface area contributed by atoms with E-state index in [4.69, 9.17) is 10.5 Å². The van der Waals surface area contributed by atoms with E-state index < -0.39 is 0 Å². The van der Waals surface area contributed by atoms with E-state index in [9.17, 15) is 0 Å². The minimum absolute atomic E-state index is 0.211. The van der Waals surface area contributed by atoms with Gasteiger partial charge in [-0.05, 0) is 30.2 Å². The van der Waals surface area contributed by atoms with Crippen molar-refractivity contribution in [1.29, 1.82) is 0 Å². The Hall–Kier alpha value is -1.94. The van der Waals surface area contributed by atoms with Crippen LogP contribution in [0.25, 0.3) is 0 Å². The Morgan fingerprint density at radius 1 is 1.33 bits per heavy atom. The van der Waals surface area contributed by atoms with Gasteiger partial charge in [0.1, 0.15) is 11.6 Å². The summed E-state index contributed by atoms with van der Waals surface area (Å²) in [7, 11) is 0. The average Bonchev–Trinajstić information content (AvgIpc) is 2.85. The Balaban J connectivity index is 1.95. The van der Waals surface area contributed by atoms with Crippen molar-refractivity contribution in [2.75, 3.05) is 6.61 Å². The van der Waals surface area contributed by atoms with Gasteiger partial charge in [-0.25, -0.2) is 9.97 Å². The third kappa shape index (κ3) is 1.95. The van der Waals surface area contributed by atoms with E-state index in [1.54, 1.807) is 6.20 Å². The number of nitrogens with two attached hydrogens (primary N) is 1. The summed E-state index contributed by atoms with van der Waals surface area (Å²) in [5, 5.41) is 0.